The van der Waals surface area contributed by atoms with Crippen molar-refractivity contribution < 1.29 is 15.0 Å². The molecule has 1 fully saturated rings. The summed E-state index contributed by atoms with van der Waals surface area (Å²) in [6.07, 6.45) is 5.73. The van der Waals surface area contributed by atoms with E-state index in [9.17, 15) is 15.0 Å². The van der Waals surface area contributed by atoms with Gasteiger partial charge in [-0.1, -0.05) is 24.3 Å². The van der Waals surface area contributed by atoms with E-state index in [-0.39, 0.29) is 17.4 Å². The molecule has 0 unspecified atom stereocenters. The number of phenols is 2. The van der Waals surface area contributed by atoms with Gasteiger partial charge >= 0.3 is 0 Å². The lowest BCUT2D eigenvalue weighted by molar-refractivity contribution is -0.124. The van der Waals surface area contributed by atoms with E-state index in [1.807, 2.05) is 41.3 Å². The van der Waals surface area contributed by atoms with Crippen LogP contribution in [0.2, 0.25) is 0 Å². The van der Waals surface area contributed by atoms with E-state index < -0.39 is 0 Å². The number of fused-ring (bicyclic) bond motifs is 1. The summed E-state index contributed by atoms with van der Waals surface area (Å²) >= 11 is 0. The van der Waals surface area contributed by atoms with Crippen LogP contribution in [0.3, 0.4) is 0 Å². The largest absolute Gasteiger partial charge is 0.508 e. The minimum atomic E-state index is 0.0812. The van der Waals surface area contributed by atoms with Crippen molar-refractivity contribution in [3.63, 3.8) is 0 Å². The summed E-state index contributed by atoms with van der Waals surface area (Å²) in [4.78, 5) is 14.2. The van der Waals surface area contributed by atoms with Crippen molar-refractivity contribution in [1.29, 1.82) is 0 Å². The summed E-state index contributed by atoms with van der Waals surface area (Å²) < 4.78 is 2.25. The topological polar surface area (TPSA) is 65.7 Å². The van der Waals surface area contributed by atoms with Crippen LogP contribution >= 0.6 is 0 Å². The van der Waals surface area contributed by atoms with E-state index in [4.69, 9.17) is 0 Å². The number of nitrogens with zero attached hydrogens (tertiary/aromatic N) is 2. The number of aryl methyl sites for hydroxylation is 1. The lowest BCUT2D eigenvalue weighted by Gasteiger charge is -2.13. The Labute approximate surface area is 199 Å². The molecule has 172 valence electrons. The first-order valence-corrected chi connectivity index (χ1v) is 11.7. The zero-order chi connectivity index (χ0) is 23.7. The molecule has 1 saturated heterocycles. The van der Waals surface area contributed by atoms with Gasteiger partial charge in [-0.25, -0.2) is 0 Å². The highest BCUT2D eigenvalue weighted by Gasteiger charge is 2.17. The molecule has 5 nitrogen and oxygen atoms in total. The summed E-state index contributed by atoms with van der Waals surface area (Å²) in [6, 6.07) is 20.9. The normalized spacial score (nSPS) is 13.9. The van der Waals surface area contributed by atoms with Gasteiger partial charge in [0.15, 0.2) is 0 Å². The summed E-state index contributed by atoms with van der Waals surface area (Å²) in [5.74, 6) is 0.552. The van der Waals surface area contributed by atoms with Gasteiger partial charge in [-0.15, -0.1) is 0 Å². The lowest BCUT2D eigenvalue weighted by atomic mass is 10.1. The van der Waals surface area contributed by atoms with Crippen molar-refractivity contribution >= 4 is 22.9 Å². The summed E-state index contributed by atoms with van der Waals surface area (Å²) in [5, 5.41) is 20.8. The van der Waals surface area contributed by atoms with Crippen LogP contribution in [0.15, 0.2) is 72.8 Å². The zero-order valence-corrected chi connectivity index (χ0v) is 19.2. The predicted molar refractivity (Wildman–Crippen MR) is 136 cm³/mol. The molecule has 0 spiro atoms. The molecule has 2 heterocycles. The maximum atomic E-state index is 12.3. The maximum Gasteiger partial charge on any atom is 0.246 e. The van der Waals surface area contributed by atoms with Crippen molar-refractivity contribution in [2.45, 2.75) is 26.3 Å². The number of benzene rings is 3. The second-order valence-corrected chi connectivity index (χ2v) is 8.92. The van der Waals surface area contributed by atoms with Crippen LogP contribution in [0.25, 0.3) is 28.2 Å². The first-order chi connectivity index (χ1) is 16.5. The molecule has 5 heteroatoms. The molecule has 2 N–H and O–H groups in total. The van der Waals surface area contributed by atoms with Gasteiger partial charge in [0, 0.05) is 36.6 Å². The summed E-state index contributed by atoms with van der Waals surface area (Å²) in [7, 11) is 0. The number of carbonyl (C=O) groups is 1. The highest BCUT2D eigenvalue weighted by atomic mass is 16.3. The summed E-state index contributed by atoms with van der Waals surface area (Å²) in [5.41, 5.74) is 6.31. The Morgan fingerprint density at radius 3 is 2.29 bits per heavy atom. The third kappa shape index (κ3) is 4.29. The van der Waals surface area contributed by atoms with Gasteiger partial charge in [0.1, 0.15) is 11.5 Å². The monoisotopic (exact) mass is 452 g/mol. The Kier molecular flexibility index (Phi) is 5.84. The van der Waals surface area contributed by atoms with Gasteiger partial charge in [0.2, 0.25) is 5.91 Å². The summed E-state index contributed by atoms with van der Waals surface area (Å²) in [6.45, 7) is 4.43. The Hall–Kier alpha value is -3.99. The second-order valence-electron chi connectivity index (χ2n) is 8.92. The number of phenolic OH excluding ortho intramolecular Hbond substituents is 2. The van der Waals surface area contributed by atoms with E-state index >= 15 is 0 Å². The van der Waals surface area contributed by atoms with Gasteiger partial charge in [-0.05, 0) is 90.6 Å². The molecule has 1 aliphatic heterocycles. The molecule has 1 amide bonds. The Bertz CT molecular complexity index is 1360. The van der Waals surface area contributed by atoms with Crippen molar-refractivity contribution in [2.24, 2.45) is 0 Å². The van der Waals surface area contributed by atoms with Gasteiger partial charge in [0.25, 0.3) is 0 Å². The van der Waals surface area contributed by atoms with Crippen LogP contribution in [-0.4, -0.2) is 38.7 Å². The first kappa shape index (κ1) is 21.8. The zero-order valence-electron chi connectivity index (χ0n) is 19.2. The van der Waals surface area contributed by atoms with Crippen LogP contribution in [0.1, 0.15) is 29.5 Å². The number of carbonyl (C=O) groups excluding carboxylic acids is 1. The highest BCUT2D eigenvalue weighted by Crippen LogP contribution is 2.36. The molecule has 4 aromatic rings. The predicted octanol–water partition coefficient (Wildman–Crippen LogP) is 5.71. The first-order valence-electron chi connectivity index (χ1n) is 11.7. The molecule has 1 aromatic heterocycles. The number of aromatic nitrogens is 1. The molecule has 5 rings (SSSR count). The van der Waals surface area contributed by atoms with Crippen LogP contribution in [0.4, 0.5) is 0 Å². The highest BCUT2D eigenvalue weighted by molar-refractivity contribution is 5.93. The van der Waals surface area contributed by atoms with Crippen molar-refractivity contribution in [3.8, 4) is 22.8 Å². The second kappa shape index (κ2) is 9.10. The molecule has 34 heavy (non-hydrogen) atoms. The van der Waals surface area contributed by atoms with Gasteiger partial charge < -0.3 is 19.7 Å². The van der Waals surface area contributed by atoms with Crippen LogP contribution in [0, 0.1) is 6.92 Å². The van der Waals surface area contributed by atoms with Gasteiger partial charge in [0.05, 0.1) is 5.69 Å². The van der Waals surface area contributed by atoms with E-state index in [1.54, 1.807) is 30.3 Å². The molecule has 0 bridgehead atoms. The van der Waals surface area contributed by atoms with Crippen LogP contribution < -0.4 is 0 Å². The van der Waals surface area contributed by atoms with Crippen LogP contribution in [0.5, 0.6) is 11.5 Å². The Balaban J connectivity index is 1.45. The fraction of sp³-hybridized carbons (Fsp3) is 0.207. The van der Waals surface area contributed by atoms with E-state index in [0.29, 0.717) is 6.54 Å². The third-order valence-corrected chi connectivity index (χ3v) is 6.60. The quantitative estimate of drug-likeness (QED) is 0.381. The minimum Gasteiger partial charge on any atom is -0.508 e. The van der Waals surface area contributed by atoms with Crippen molar-refractivity contribution in [3.05, 3.63) is 89.5 Å². The molecular weight excluding hydrogens is 424 g/mol. The Morgan fingerprint density at radius 2 is 1.59 bits per heavy atom. The maximum absolute atomic E-state index is 12.3. The number of aromatic hydroxyl groups is 2. The molecule has 0 saturated carbocycles. The van der Waals surface area contributed by atoms with E-state index in [2.05, 4.69) is 23.6 Å². The number of likely N-dealkylation sites (tertiary alicyclic amines) is 1. The van der Waals surface area contributed by atoms with Crippen LogP contribution in [-0.2, 0) is 11.3 Å². The smallest absolute Gasteiger partial charge is 0.246 e. The van der Waals surface area contributed by atoms with E-state index in [0.717, 1.165) is 64.8 Å². The van der Waals surface area contributed by atoms with Gasteiger partial charge in [-0.3, -0.25) is 4.79 Å². The average molecular weight is 453 g/mol. The fourth-order valence-corrected chi connectivity index (χ4v) is 4.79. The fourth-order valence-electron chi connectivity index (χ4n) is 4.79. The number of rotatable bonds is 5. The van der Waals surface area contributed by atoms with Crippen molar-refractivity contribution in [2.75, 3.05) is 13.1 Å². The lowest BCUT2D eigenvalue weighted by Crippen LogP contribution is -2.25. The molecule has 1 aliphatic rings. The molecule has 0 atom stereocenters. The average Bonchev–Trinajstić information content (AvgIpc) is 3.47. The Morgan fingerprint density at radius 1 is 0.912 bits per heavy atom. The molecule has 0 aliphatic carbocycles. The van der Waals surface area contributed by atoms with E-state index in [1.165, 1.54) is 0 Å². The number of amides is 1. The molecule has 0 radical (unpaired) electrons. The number of hydrogen-bond acceptors (Lipinski definition) is 3. The minimum absolute atomic E-state index is 0.0812. The van der Waals surface area contributed by atoms with Crippen molar-refractivity contribution in [1.82, 2.24) is 9.47 Å². The standard InChI is InChI=1S/C29H28N2O3/c1-20-26-18-25(33)13-14-27(26)31(29(20)23-9-11-24(32)12-10-23)19-22-6-4-21(5-7-22)8-15-28(34)30-16-2-3-17-30/h4-15,18,32-33H,2-3,16-17,19H2,1H3/b15-8+. The SMILES string of the molecule is Cc1c(-c2ccc(O)cc2)n(Cc2ccc(/C=C/C(=O)N3CCCC3)cc2)c2ccc(O)cc12. The van der Waals surface area contributed by atoms with Gasteiger partial charge in [-0.2, -0.15) is 0 Å². The molecular formula is C29H28N2O3. The third-order valence-electron chi connectivity index (χ3n) is 6.60. The molecule has 3 aromatic carbocycles. The number of hydrogen-bond donors (Lipinski definition) is 2.